The molecule has 0 fully saturated rings. The Balaban J connectivity index is 2.03. The van der Waals surface area contributed by atoms with Crippen LogP contribution in [0.25, 0.3) is 43.8 Å². The molecule has 3 aromatic heterocycles. The molecule has 0 aliphatic carbocycles. The fourth-order valence-corrected chi connectivity index (χ4v) is 3.88. The van der Waals surface area contributed by atoms with Crippen molar-refractivity contribution in [1.29, 1.82) is 0 Å². The number of fused-ring (bicyclic) bond motifs is 4. The van der Waals surface area contributed by atoms with Crippen molar-refractivity contribution in [3.8, 4) is 11.1 Å². The van der Waals surface area contributed by atoms with Gasteiger partial charge in [0.15, 0.2) is 0 Å². The van der Waals surface area contributed by atoms with Crippen LogP contribution >= 0.6 is 0 Å². The van der Waals surface area contributed by atoms with Crippen molar-refractivity contribution in [2.75, 3.05) is 5.73 Å². The third-order valence-corrected chi connectivity index (χ3v) is 5.22. The topological polar surface area (TPSA) is 100 Å². The summed E-state index contributed by atoms with van der Waals surface area (Å²) in [6, 6.07) is 8.87. The van der Waals surface area contributed by atoms with Crippen LogP contribution in [-0.2, 0) is 6.42 Å². The molecule has 0 aliphatic heterocycles. The first-order chi connectivity index (χ1) is 13.6. The highest BCUT2D eigenvalue weighted by Gasteiger charge is 2.19. The van der Waals surface area contributed by atoms with Gasteiger partial charge in [0.25, 0.3) is 5.56 Å². The average molecular weight is 373 g/mol. The number of pyridine rings is 2. The minimum absolute atomic E-state index is 0.0824. The normalized spacial score (nSPS) is 11.6. The Hall–Kier alpha value is -3.74. The van der Waals surface area contributed by atoms with Gasteiger partial charge in [-0.25, -0.2) is 4.39 Å². The molecule has 4 N–H and O–H groups in total. The lowest BCUT2D eigenvalue weighted by Crippen LogP contribution is -2.14. The fourth-order valence-electron chi connectivity index (χ4n) is 3.88. The monoisotopic (exact) mass is 373 g/mol. The molecule has 2 aromatic carbocycles. The Bertz CT molecular complexity index is 1450. The van der Waals surface area contributed by atoms with Crippen LogP contribution < -0.4 is 11.3 Å². The van der Waals surface area contributed by atoms with E-state index in [1.54, 1.807) is 18.5 Å². The molecule has 138 valence electrons. The summed E-state index contributed by atoms with van der Waals surface area (Å²) in [6.45, 7) is 2.06. The summed E-state index contributed by atoms with van der Waals surface area (Å²) < 4.78 is 14.2. The zero-order valence-corrected chi connectivity index (χ0v) is 15.0. The lowest BCUT2D eigenvalue weighted by Gasteiger charge is -2.14. The van der Waals surface area contributed by atoms with Gasteiger partial charge in [-0.05, 0) is 35.7 Å². The minimum Gasteiger partial charge on any atom is -0.394 e. The predicted octanol–water partition coefficient (Wildman–Crippen LogP) is 3.90. The van der Waals surface area contributed by atoms with Gasteiger partial charge in [-0.1, -0.05) is 19.1 Å². The van der Waals surface area contributed by atoms with E-state index in [0.717, 1.165) is 22.8 Å². The molecule has 28 heavy (non-hydrogen) atoms. The molecule has 0 radical (unpaired) electrons. The predicted molar refractivity (Wildman–Crippen MR) is 109 cm³/mol. The Morgan fingerprint density at radius 3 is 2.82 bits per heavy atom. The van der Waals surface area contributed by atoms with E-state index in [-0.39, 0.29) is 11.2 Å². The number of aromatic nitrogens is 4. The molecular weight excluding hydrogens is 357 g/mol. The van der Waals surface area contributed by atoms with Crippen molar-refractivity contribution >= 4 is 38.4 Å². The first-order valence-electron chi connectivity index (χ1n) is 8.94. The van der Waals surface area contributed by atoms with Crippen LogP contribution in [0.5, 0.6) is 0 Å². The summed E-state index contributed by atoms with van der Waals surface area (Å²) >= 11 is 0. The van der Waals surface area contributed by atoms with Gasteiger partial charge in [0.1, 0.15) is 17.0 Å². The number of H-pyrrole nitrogens is 2. The molecule has 0 aliphatic rings. The van der Waals surface area contributed by atoms with Crippen LogP contribution in [-0.4, -0.2) is 20.2 Å². The van der Waals surface area contributed by atoms with Gasteiger partial charge >= 0.3 is 0 Å². The van der Waals surface area contributed by atoms with Crippen molar-refractivity contribution in [1.82, 2.24) is 20.2 Å². The van der Waals surface area contributed by atoms with Crippen LogP contribution in [0.1, 0.15) is 12.5 Å². The standard InChI is InChI=1S/C21H16FN5O/c1-2-10-8-13-16(12-5-6-15(22)18-14(12)9-25-27-18)17(23)21(28)26-20(13)19-11(10)4-3-7-24-19/h3-9H,2,23H2,1H3,(H,25,27)(H,26,28). The molecule has 0 spiro atoms. The second-order valence-corrected chi connectivity index (χ2v) is 6.71. The Labute approximate surface area is 158 Å². The van der Waals surface area contributed by atoms with Crippen LogP contribution in [0.4, 0.5) is 10.1 Å². The van der Waals surface area contributed by atoms with E-state index in [2.05, 4.69) is 27.1 Å². The molecule has 0 atom stereocenters. The summed E-state index contributed by atoms with van der Waals surface area (Å²) in [6.07, 6.45) is 4.03. The summed E-state index contributed by atoms with van der Waals surface area (Å²) in [4.78, 5) is 20.0. The Morgan fingerprint density at radius 1 is 1.14 bits per heavy atom. The Morgan fingerprint density at radius 2 is 2.00 bits per heavy atom. The van der Waals surface area contributed by atoms with E-state index in [9.17, 15) is 9.18 Å². The van der Waals surface area contributed by atoms with E-state index in [4.69, 9.17) is 5.73 Å². The first kappa shape index (κ1) is 16.4. The van der Waals surface area contributed by atoms with Crippen molar-refractivity contribution in [3.63, 3.8) is 0 Å². The van der Waals surface area contributed by atoms with Gasteiger partial charge in [-0.3, -0.25) is 14.9 Å². The number of nitrogen functional groups attached to an aromatic ring is 1. The van der Waals surface area contributed by atoms with Crippen LogP contribution in [0.15, 0.2) is 47.5 Å². The number of benzene rings is 2. The molecule has 6 nitrogen and oxygen atoms in total. The van der Waals surface area contributed by atoms with E-state index in [1.165, 1.54) is 6.07 Å². The fraction of sp³-hybridized carbons (Fsp3) is 0.0952. The highest BCUT2D eigenvalue weighted by atomic mass is 19.1. The van der Waals surface area contributed by atoms with E-state index in [1.807, 2.05) is 18.2 Å². The first-order valence-corrected chi connectivity index (χ1v) is 8.94. The molecular formula is C21H16FN5O. The van der Waals surface area contributed by atoms with Gasteiger partial charge in [0, 0.05) is 27.9 Å². The maximum absolute atomic E-state index is 14.2. The maximum atomic E-state index is 14.2. The van der Waals surface area contributed by atoms with Crippen molar-refractivity contribution in [2.24, 2.45) is 0 Å². The lowest BCUT2D eigenvalue weighted by molar-refractivity contribution is 0.636. The number of halogens is 1. The molecule has 0 bridgehead atoms. The molecule has 0 unspecified atom stereocenters. The third-order valence-electron chi connectivity index (χ3n) is 5.22. The Kier molecular flexibility index (Phi) is 3.45. The molecule has 0 saturated carbocycles. The number of nitrogens with zero attached hydrogens (tertiary/aromatic N) is 2. The van der Waals surface area contributed by atoms with Crippen LogP contribution in [0.3, 0.4) is 0 Å². The molecule has 3 heterocycles. The van der Waals surface area contributed by atoms with E-state index < -0.39 is 11.4 Å². The summed E-state index contributed by atoms with van der Waals surface area (Å²) in [5.74, 6) is -0.412. The highest BCUT2D eigenvalue weighted by molar-refractivity contribution is 6.14. The number of hydrogen-bond acceptors (Lipinski definition) is 4. The number of anilines is 1. The zero-order valence-electron chi connectivity index (χ0n) is 15.0. The second kappa shape index (κ2) is 5.88. The summed E-state index contributed by atoms with van der Waals surface area (Å²) in [7, 11) is 0. The number of nitrogens with one attached hydrogen (secondary N) is 2. The quantitative estimate of drug-likeness (QED) is 0.409. The average Bonchev–Trinajstić information content (AvgIpc) is 3.21. The minimum atomic E-state index is -0.412. The largest absolute Gasteiger partial charge is 0.394 e. The molecule has 0 amide bonds. The van der Waals surface area contributed by atoms with E-state index >= 15 is 0 Å². The summed E-state index contributed by atoms with van der Waals surface area (Å²) in [5, 5.41) is 8.95. The number of aromatic amines is 2. The van der Waals surface area contributed by atoms with Crippen LogP contribution in [0, 0.1) is 5.82 Å². The van der Waals surface area contributed by atoms with Gasteiger partial charge in [-0.2, -0.15) is 5.10 Å². The SMILES string of the molecule is CCc1cc2c(-c3ccc(F)c4[nH]ncc34)c(N)c(=O)[nH]c2c2ncccc12. The highest BCUT2D eigenvalue weighted by Crippen LogP contribution is 2.38. The molecule has 5 rings (SSSR count). The zero-order chi connectivity index (χ0) is 19.4. The van der Waals surface area contributed by atoms with Crippen molar-refractivity contribution < 1.29 is 4.39 Å². The van der Waals surface area contributed by atoms with Gasteiger partial charge in [0.05, 0.1) is 17.2 Å². The molecule has 5 aromatic rings. The summed E-state index contributed by atoms with van der Waals surface area (Å²) in [5.41, 5.74) is 9.81. The number of aryl methyl sites for hydroxylation is 1. The number of nitrogens with two attached hydrogens (primary N) is 1. The van der Waals surface area contributed by atoms with Crippen molar-refractivity contribution in [2.45, 2.75) is 13.3 Å². The smallest absolute Gasteiger partial charge is 0.272 e. The van der Waals surface area contributed by atoms with E-state index in [0.29, 0.717) is 27.5 Å². The third kappa shape index (κ3) is 2.16. The number of rotatable bonds is 2. The number of hydrogen-bond donors (Lipinski definition) is 3. The second-order valence-electron chi connectivity index (χ2n) is 6.71. The lowest BCUT2D eigenvalue weighted by atomic mass is 9.93. The maximum Gasteiger partial charge on any atom is 0.272 e. The van der Waals surface area contributed by atoms with Gasteiger partial charge < -0.3 is 10.7 Å². The molecule has 7 heteroatoms. The van der Waals surface area contributed by atoms with Crippen LogP contribution in [0.2, 0.25) is 0 Å². The van der Waals surface area contributed by atoms with Gasteiger partial charge in [0.2, 0.25) is 0 Å². The van der Waals surface area contributed by atoms with Crippen molar-refractivity contribution in [3.05, 3.63) is 64.5 Å². The molecule has 0 saturated heterocycles. The van der Waals surface area contributed by atoms with Gasteiger partial charge in [-0.15, -0.1) is 0 Å².